The molecule has 15 atom stereocenters. The highest BCUT2D eigenvalue weighted by Gasteiger charge is 2.51. The summed E-state index contributed by atoms with van der Waals surface area (Å²) in [6.07, 6.45) is -20.1. The highest BCUT2D eigenvalue weighted by molar-refractivity contribution is 5.71. The third kappa shape index (κ3) is 8.37. The molecule has 3 heterocycles. The number of aliphatic hydroxyl groups is 11. The van der Waals surface area contributed by atoms with Gasteiger partial charge in [-0.05, 0) is 35.4 Å². The molecule has 0 saturated carbocycles. The van der Waals surface area contributed by atoms with Gasteiger partial charge in [-0.15, -0.1) is 0 Å². The molecule has 3 aliphatic rings. The lowest BCUT2D eigenvalue weighted by Gasteiger charge is -2.45. The number of rotatable bonds is 11. The predicted octanol–water partition coefficient (Wildman–Crippen LogP) is -4.26. The number of hydrogen-bond acceptors (Lipinski definition) is 18. The van der Waals surface area contributed by atoms with Gasteiger partial charge in [0, 0.05) is 6.07 Å². The first kappa shape index (κ1) is 38.2. The van der Waals surface area contributed by atoms with Gasteiger partial charge in [0.15, 0.2) is 6.29 Å². The van der Waals surface area contributed by atoms with Gasteiger partial charge >= 0.3 is 0 Å². The Morgan fingerprint density at radius 3 is 1.56 bits per heavy atom. The molecule has 18 nitrogen and oxygen atoms in total. The first-order chi connectivity index (χ1) is 23.8. The molecule has 3 fully saturated rings. The SMILES string of the molecule is OCC1OC(Oc2ccc(/C=C/c3cc(O)cc(OC4OC(CO)C(OC5OC(CO)C(O)C(O)C5O)C(O)C4O)c3)cc2)C(O)C(O)C1O. The number of phenols is 1. The molecule has 0 radical (unpaired) electrons. The van der Waals surface area contributed by atoms with Gasteiger partial charge in [-0.1, -0.05) is 24.3 Å². The normalized spacial score (nSPS) is 39.4. The van der Waals surface area contributed by atoms with Gasteiger partial charge < -0.3 is 89.7 Å². The first-order valence-electron chi connectivity index (χ1n) is 15.7. The molecule has 3 saturated heterocycles. The van der Waals surface area contributed by atoms with Crippen molar-refractivity contribution in [2.75, 3.05) is 19.8 Å². The Morgan fingerprint density at radius 2 is 0.980 bits per heavy atom. The summed E-state index contributed by atoms with van der Waals surface area (Å²) < 4.78 is 33.1. The summed E-state index contributed by atoms with van der Waals surface area (Å²) in [5.74, 6) is 0.0442. The number of benzene rings is 2. The molecule has 0 amide bonds. The number of phenolic OH excluding ortho intramolecular Hbond substituents is 1. The molecule has 278 valence electrons. The van der Waals surface area contributed by atoms with Gasteiger partial charge in [0.05, 0.1) is 19.8 Å². The first-order valence-corrected chi connectivity index (χ1v) is 15.7. The Balaban J connectivity index is 1.21. The van der Waals surface area contributed by atoms with Crippen LogP contribution in [0.1, 0.15) is 11.1 Å². The lowest BCUT2D eigenvalue weighted by Crippen LogP contribution is -2.65. The van der Waals surface area contributed by atoms with Crippen LogP contribution in [0, 0.1) is 0 Å². The minimum atomic E-state index is -1.81. The topological polar surface area (TPSA) is 298 Å². The zero-order valence-electron chi connectivity index (χ0n) is 26.3. The lowest BCUT2D eigenvalue weighted by molar-refractivity contribution is -0.352. The van der Waals surface area contributed by atoms with Crippen LogP contribution in [0.25, 0.3) is 12.2 Å². The second kappa shape index (κ2) is 16.5. The van der Waals surface area contributed by atoms with E-state index in [4.69, 9.17) is 28.4 Å². The minimum absolute atomic E-state index is 0.00849. The van der Waals surface area contributed by atoms with Crippen molar-refractivity contribution in [1.82, 2.24) is 0 Å². The summed E-state index contributed by atoms with van der Waals surface area (Å²) in [7, 11) is 0. The second-order valence-electron chi connectivity index (χ2n) is 12.1. The van der Waals surface area contributed by atoms with E-state index in [2.05, 4.69) is 0 Å². The van der Waals surface area contributed by atoms with Gasteiger partial charge in [-0.3, -0.25) is 0 Å². The van der Waals surface area contributed by atoms with Crippen LogP contribution in [0.15, 0.2) is 42.5 Å². The molecule has 5 rings (SSSR count). The van der Waals surface area contributed by atoms with Crippen molar-refractivity contribution >= 4 is 12.2 Å². The highest BCUT2D eigenvalue weighted by atomic mass is 16.7. The maximum atomic E-state index is 10.9. The Labute approximate surface area is 284 Å². The number of aromatic hydroxyl groups is 1. The summed E-state index contributed by atoms with van der Waals surface area (Å²) in [6.45, 7) is -2.08. The van der Waals surface area contributed by atoms with E-state index in [-0.39, 0.29) is 17.2 Å². The standard InChI is InChI=1S/C32H42O18/c33-10-18-21(37)23(39)26(42)30(47-18)45-16-5-3-13(4-6-16)1-2-14-7-15(36)9-17(8-14)46-31-28(44)25(41)29(20(12-35)49-31)50-32-27(43)24(40)22(38)19(11-34)48-32/h1-9,18-44H,10-12H2/b2-1+. The van der Waals surface area contributed by atoms with Crippen LogP contribution in [0.5, 0.6) is 17.2 Å². The number of ether oxygens (including phenoxy) is 6. The van der Waals surface area contributed by atoms with E-state index in [1.54, 1.807) is 36.4 Å². The van der Waals surface area contributed by atoms with E-state index >= 15 is 0 Å². The summed E-state index contributed by atoms with van der Waals surface area (Å²) in [6, 6.07) is 10.5. The van der Waals surface area contributed by atoms with E-state index in [0.29, 0.717) is 11.1 Å². The lowest BCUT2D eigenvalue weighted by atomic mass is 9.97. The van der Waals surface area contributed by atoms with Gasteiger partial charge in [-0.25, -0.2) is 0 Å². The average Bonchev–Trinajstić information content (AvgIpc) is 3.11. The van der Waals surface area contributed by atoms with Crippen LogP contribution >= 0.6 is 0 Å². The Morgan fingerprint density at radius 1 is 0.500 bits per heavy atom. The molecule has 18 heteroatoms. The van der Waals surface area contributed by atoms with Gasteiger partial charge in [0.1, 0.15) is 90.5 Å². The zero-order chi connectivity index (χ0) is 36.3. The zero-order valence-corrected chi connectivity index (χ0v) is 26.3. The van der Waals surface area contributed by atoms with Gasteiger partial charge in [0.2, 0.25) is 12.6 Å². The maximum Gasteiger partial charge on any atom is 0.229 e. The van der Waals surface area contributed by atoms with Crippen LogP contribution in [0.4, 0.5) is 0 Å². The van der Waals surface area contributed by atoms with Crippen molar-refractivity contribution in [2.45, 2.75) is 92.1 Å². The molecular weight excluding hydrogens is 672 g/mol. The maximum absolute atomic E-state index is 10.9. The number of aliphatic hydroxyl groups excluding tert-OH is 11. The van der Waals surface area contributed by atoms with Crippen molar-refractivity contribution in [2.24, 2.45) is 0 Å². The highest BCUT2D eigenvalue weighted by Crippen LogP contribution is 2.32. The predicted molar refractivity (Wildman–Crippen MR) is 165 cm³/mol. The van der Waals surface area contributed by atoms with E-state index in [9.17, 15) is 61.3 Å². The number of hydrogen-bond donors (Lipinski definition) is 12. The monoisotopic (exact) mass is 714 g/mol. The van der Waals surface area contributed by atoms with Gasteiger partial charge in [0.25, 0.3) is 0 Å². The molecule has 2 aromatic rings. The smallest absolute Gasteiger partial charge is 0.229 e. The largest absolute Gasteiger partial charge is 0.508 e. The van der Waals surface area contributed by atoms with E-state index in [1.165, 1.54) is 18.2 Å². The van der Waals surface area contributed by atoms with Crippen LogP contribution in [-0.4, -0.2) is 173 Å². The molecule has 0 spiro atoms. The Hall–Kier alpha value is -3.02. The summed E-state index contributed by atoms with van der Waals surface area (Å²) in [5.41, 5.74) is 1.11. The van der Waals surface area contributed by atoms with Crippen molar-refractivity contribution in [3.05, 3.63) is 53.6 Å². The summed E-state index contributed by atoms with van der Waals surface area (Å²) in [4.78, 5) is 0. The molecular formula is C32H42O18. The molecule has 0 aliphatic carbocycles. The van der Waals surface area contributed by atoms with E-state index in [0.717, 1.165) is 0 Å². The fourth-order valence-electron chi connectivity index (χ4n) is 5.71. The average molecular weight is 715 g/mol. The second-order valence-corrected chi connectivity index (χ2v) is 12.1. The molecule has 0 aromatic heterocycles. The summed E-state index contributed by atoms with van der Waals surface area (Å²) in [5, 5.41) is 121. The van der Waals surface area contributed by atoms with Crippen molar-refractivity contribution in [3.8, 4) is 17.2 Å². The molecule has 2 aromatic carbocycles. The third-order valence-electron chi connectivity index (χ3n) is 8.58. The molecule has 3 aliphatic heterocycles. The molecule has 0 bridgehead atoms. The minimum Gasteiger partial charge on any atom is -0.508 e. The summed E-state index contributed by atoms with van der Waals surface area (Å²) >= 11 is 0. The van der Waals surface area contributed by atoms with E-state index < -0.39 is 112 Å². The Kier molecular flexibility index (Phi) is 12.6. The van der Waals surface area contributed by atoms with Crippen molar-refractivity contribution < 1.29 is 89.7 Å². The van der Waals surface area contributed by atoms with Crippen LogP contribution < -0.4 is 9.47 Å². The van der Waals surface area contributed by atoms with Crippen LogP contribution in [-0.2, 0) is 18.9 Å². The van der Waals surface area contributed by atoms with Gasteiger partial charge in [-0.2, -0.15) is 0 Å². The fraction of sp³-hybridized carbons (Fsp3) is 0.562. The van der Waals surface area contributed by atoms with Crippen LogP contribution in [0.2, 0.25) is 0 Å². The molecule has 50 heavy (non-hydrogen) atoms. The quantitative estimate of drug-likeness (QED) is 0.0981. The van der Waals surface area contributed by atoms with Crippen molar-refractivity contribution in [3.63, 3.8) is 0 Å². The Bertz CT molecular complexity index is 1400. The van der Waals surface area contributed by atoms with Crippen molar-refractivity contribution in [1.29, 1.82) is 0 Å². The molecule has 12 N–H and O–H groups in total. The third-order valence-corrected chi connectivity index (χ3v) is 8.58. The molecule has 15 unspecified atom stereocenters. The van der Waals surface area contributed by atoms with E-state index in [1.807, 2.05) is 0 Å². The fourth-order valence-corrected chi connectivity index (χ4v) is 5.71. The van der Waals surface area contributed by atoms with Crippen LogP contribution in [0.3, 0.4) is 0 Å².